The van der Waals surface area contributed by atoms with E-state index in [1.54, 1.807) is 12.1 Å². The molecule has 1 aliphatic heterocycles. The summed E-state index contributed by atoms with van der Waals surface area (Å²) in [5, 5.41) is 8.86. The van der Waals surface area contributed by atoms with Gasteiger partial charge >= 0.3 is 12.3 Å². The summed E-state index contributed by atoms with van der Waals surface area (Å²) in [4.78, 5) is 24.9. The average molecular weight is 397 g/mol. The van der Waals surface area contributed by atoms with Gasteiger partial charge in [-0.3, -0.25) is 4.79 Å². The van der Waals surface area contributed by atoms with Gasteiger partial charge in [0, 0.05) is 24.4 Å². The minimum Gasteiger partial charge on any atom is -0.464 e. The van der Waals surface area contributed by atoms with Crippen LogP contribution in [0.25, 0.3) is 0 Å². The Labute approximate surface area is 156 Å². The molecule has 0 fully saturated rings. The summed E-state index contributed by atoms with van der Waals surface area (Å²) in [7, 11) is 1.41. The number of nitrogens with two attached hydrogens (primary N) is 1. The average Bonchev–Trinajstić information content (AvgIpc) is 3.12. The second-order valence-electron chi connectivity index (χ2n) is 5.78. The molecule has 1 aliphatic rings. The zero-order chi connectivity index (χ0) is 20.6. The molecular weight excluding hydrogens is 383 g/mol. The number of amides is 2. The van der Waals surface area contributed by atoms with E-state index in [0.29, 0.717) is 23.3 Å². The molecule has 0 unspecified atom stereocenters. The van der Waals surface area contributed by atoms with Crippen LogP contribution in [0.2, 0.25) is 0 Å². The highest BCUT2D eigenvalue weighted by Crippen LogP contribution is 2.38. The number of hydrogen-bond donors (Lipinski definition) is 2. The van der Waals surface area contributed by atoms with E-state index in [2.05, 4.69) is 0 Å². The van der Waals surface area contributed by atoms with Crippen molar-refractivity contribution in [3.63, 3.8) is 0 Å². The van der Waals surface area contributed by atoms with Crippen molar-refractivity contribution >= 4 is 23.4 Å². The lowest BCUT2D eigenvalue weighted by atomic mass is 10.1. The first kappa shape index (κ1) is 19.3. The van der Waals surface area contributed by atoms with E-state index in [1.165, 1.54) is 18.0 Å². The van der Waals surface area contributed by atoms with E-state index < -0.39 is 29.4 Å². The van der Waals surface area contributed by atoms with E-state index in [-0.39, 0.29) is 17.4 Å². The van der Waals surface area contributed by atoms with Gasteiger partial charge in [-0.2, -0.15) is 13.2 Å². The van der Waals surface area contributed by atoms with E-state index in [9.17, 15) is 22.8 Å². The van der Waals surface area contributed by atoms with Crippen molar-refractivity contribution in [2.75, 3.05) is 23.7 Å². The standard InChI is InChI=1S/C17H14F3N3O5/c1-22(10-3-5-13-14(7-10)28-8-27-13)15(24)9-2-4-11(17(18,19)20)12(6-9)23(21)16(25)26/h2-7H,8,21H2,1H3,(H,25,26). The summed E-state index contributed by atoms with van der Waals surface area (Å²) in [5.41, 5.74) is -1.91. The second kappa shape index (κ2) is 6.93. The van der Waals surface area contributed by atoms with Crippen LogP contribution >= 0.6 is 0 Å². The molecule has 0 aromatic heterocycles. The predicted molar refractivity (Wildman–Crippen MR) is 91.4 cm³/mol. The Morgan fingerprint density at radius 1 is 1.11 bits per heavy atom. The van der Waals surface area contributed by atoms with Crippen LogP contribution < -0.4 is 25.2 Å². The lowest BCUT2D eigenvalue weighted by Gasteiger charge is -2.22. The monoisotopic (exact) mass is 397 g/mol. The molecule has 2 aromatic carbocycles. The highest BCUT2D eigenvalue weighted by Gasteiger charge is 2.36. The fourth-order valence-corrected chi connectivity index (χ4v) is 2.61. The van der Waals surface area contributed by atoms with Crippen molar-refractivity contribution in [2.45, 2.75) is 6.18 Å². The van der Waals surface area contributed by atoms with Crippen LogP contribution in [0, 0.1) is 0 Å². The van der Waals surface area contributed by atoms with Gasteiger partial charge in [0.05, 0.1) is 11.3 Å². The Balaban J connectivity index is 1.97. The first-order chi connectivity index (χ1) is 13.1. The quantitative estimate of drug-likeness (QED) is 0.469. The van der Waals surface area contributed by atoms with Crippen molar-refractivity contribution in [2.24, 2.45) is 5.84 Å². The summed E-state index contributed by atoms with van der Waals surface area (Å²) in [5.74, 6) is 5.48. The van der Waals surface area contributed by atoms with Crippen molar-refractivity contribution < 1.29 is 37.3 Å². The van der Waals surface area contributed by atoms with E-state index in [0.717, 1.165) is 12.1 Å². The molecule has 148 valence electrons. The Morgan fingerprint density at radius 2 is 1.79 bits per heavy atom. The number of rotatable bonds is 3. The van der Waals surface area contributed by atoms with Gasteiger partial charge in [0.1, 0.15) is 0 Å². The van der Waals surface area contributed by atoms with E-state index in [4.69, 9.17) is 20.4 Å². The number of alkyl halides is 3. The molecule has 2 aromatic rings. The lowest BCUT2D eigenvalue weighted by Crippen LogP contribution is -2.38. The van der Waals surface area contributed by atoms with Gasteiger partial charge in [0.15, 0.2) is 11.5 Å². The number of carbonyl (C=O) groups excluding carboxylic acids is 1. The first-order valence-electron chi connectivity index (χ1n) is 7.76. The number of carbonyl (C=O) groups is 2. The number of fused-ring (bicyclic) bond motifs is 1. The lowest BCUT2D eigenvalue weighted by molar-refractivity contribution is -0.137. The number of anilines is 2. The molecule has 0 atom stereocenters. The molecule has 0 saturated heterocycles. The molecule has 0 radical (unpaired) electrons. The molecule has 3 rings (SSSR count). The molecule has 2 amide bonds. The predicted octanol–water partition coefficient (Wildman–Crippen LogP) is 3.07. The number of carboxylic acid groups (broad SMARTS) is 1. The van der Waals surface area contributed by atoms with Crippen molar-refractivity contribution in [1.82, 2.24) is 0 Å². The summed E-state index contributed by atoms with van der Waals surface area (Å²) in [6.45, 7) is 0.0419. The van der Waals surface area contributed by atoms with Crippen LogP contribution in [0.5, 0.6) is 11.5 Å². The van der Waals surface area contributed by atoms with E-state index in [1.807, 2.05) is 0 Å². The highest BCUT2D eigenvalue weighted by atomic mass is 19.4. The van der Waals surface area contributed by atoms with Crippen LogP contribution in [0.15, 0.2) is 36.4 Å². The minimum atomic E-state index is -4.85. The molecule has 1 heterocycles. The molecule has 0 saturated carbocycles. The topological polar surface area (TPSA) is 105 Å². The number of ether oxygens (including phenoxy) is 2. The molecule has 28 heavy (non-hydrogen) atoms. The van der Waals surface area contributed by atoms with Crippen LogP contribution in [0.4, 0.5) is 29.3 Å². The molecule has 0 aliphatic carbocycles. The number of hydrazine groups is 1. The molecule has 0 spiro atoms. The van der Waals surface area contributed by atoms with Crippen LogP contribution in [0.3, 0.4) is 0 Å². The molecular formula is C17H14F3N3O5. The maximum absolute atomic E-state index is 13.2. The van der Waals surface area contributed by atoms with Gasteiger partial charge < -0.3 is 19.5 Å². The highest BCUT2D eigenvalue weighted by molar-refractivity contribution is 6.07. The van der Waals surface area contributed by atoms with Crippen molar-refractivity contribution in [3.8, 4) is 11.5 Å². The van der Waals surface area contributed by atoms with Gasteiger partial charge in [-0.05, 0) is 30.3 Å². The normalized spacial score (nSPS) is 12.6. The fourth-order valence-electron chi connectivity index (χ4n) is 2.61. The van der Waals surface area contributed by atoms with Gasteiger partial charge in [0.25, 0.3) is 5.91 Å². The second-order valence-corrected chi connectivity index (χ2v) is 5.78. The van der Waals surface area contributed by atoms with Crippen LogP contribution in [-0.2, 0) is 6.18 Å². The summed E-state index contributed by atoms with van der Waals surface area (Å²) < 4.78 is 49.9. The first-order valence-corrected chi connectivity index (χ1v) is 7.76. The molecule has 8 nitrogen and oxygen atoms in total. The van der Waals surface area contributed by atoms with Gasteiger partial charge in [-0.15, -0.1) is 0 Å². The van der Waals surface area contributed by atoms with Gasteiger partial charge in [-0.1, -0.05) is 0 Å². The Kier molecular flexibility index (Phi) is 4.77. The Morgan fingerprint density at radius 3 is 2.43 bits per heavy atom. The van der Waals surface area contributed by atoms with Gasteiger partial charge in [0.2, 0.25) is 6.79 Å². The SMILES string of the molecule is CN(C(=O)c1ccc(C(F)(F)F)c(N(N)C(=O)O)c1)c1ccc2c(c1)OCO2. The smallest absolute Gasteiger partial charge is 0.426 e. The summed E-state index contributed by atoms with van der Waals surface area (Å²) in [6.07, 6.45) is -6.66. The van der Waals surface area contributed by atoms with Crippen LogP contribution in [0.1, 0.15) is 15.9 Å². The fraction of sp³-hybridized carbons (Fsp3) is 0.176. The van der Waals surface area contributed by atoms with E-state index >= 15 is 0 Å². The van der Waals surface area contributed by atoms with Crippen molar-refractivity contribution in [1.29, 1.82) is 0 Å². The molecule has 0 bridgehead atoms. The van der Waals surface area contributed by atoms with Crippen LogP contribution in [-0.4, -0.2) is 30.9 Å². The maximum atomic E-state index is 13.2. The minimum absolute atomic E-state index is 0.0419. The Bertz CT molecular complexity index is 948. The third-order valence-corrected chi connectivity index (χ3v) is 4.06. The third kappa shape index (κ3) is 3.51. The Hall–Kier alpha value is -3.47. The summed E-state index contributed by atoms with van der Waals surface area (Å²) >= 11 is 0. The third-order valence-electron chi connectivity index (χ3n) is 4.06. The largest absolute Gasteiger partial charge is 0.464 e. The number of hydrogen-bond acceptors (Lipinski definition) is 5. The zero-order valence-electron chi connectivity index (χ0n) is 14.4. The van der Waals surface area contributed by atoms with Gasteiger partial charge in [-0.25, -0.2) is 15.6 Å². The van der Waals surface area contributed by atoms with Crippen molar-refractivity contribution in [3.05, 3.63) is 47.5 Å². The number of halogens is 3. The number of nitrogens with zero attached hydrogens (tertiary/aromatic N) is 2. The maximum Gasteiger partial charge on any atom is 0.426 e. The number of benzene rings is 2. The summed E-state index contributed by atoms with van der Waals surface area (Å²) in [6, 6.07) is 7.04. The zero-order valence-corrected chi connectivity index (χ0v) is 14.4. The molecule has 11 heteroatoms. The molecule has 3 N–H and O–H groups in total.